The molecular formula is C30H41NO5. The monoisotopic (exact) mass is 495 g/mol. The summed E-state index contributed by atoms with van der Waals surface area (Å²) in [6, 6.07) is 7.66. The number of hydrogen-bond donors (Lipinski definition) is 1. The fourth-order valence-electron chi connectivity index (χ4n) is 6.49. The fraction of sp³-hybridized carbons (Fsp3) is 0.600. The molecule has 0 radical (unpaired) electrons. The van der Waals surface area contributed by atoms with Gasteiger partial charge >= 0.3 is 6.09 Å². The van der Waals surface area contributed by atoms with E-state index in [1.807, 2.05) is 57.2 Å². The molecular weight excluding hydrogens is 454 g/mol. The number of aliphatic hydroxyl groups excluding tert-OH is 1. The number of rotatable bonds is 7. The molecule has 1 amide bonds. The van der Waals surface area contributed by atoms with E-state index in [0.717, 1.165) is 23.2 Å². The zero-order chi connectivity index (χ0) is 26.6. The number of aliphatic hydroxyl groups is 1. The Hall–Kier alpha value is -2.44. The van der Waals surface area contributed by atoms with E-state index in [0.29, 0.717) is 17.9 Å². The van der Waals surface area contributed by atoms with E-state index in [1.54, 1.807) is 7.05 Å². The highest BCUT2D eigenvalue weighted by atomic mass is 16.7. The van der Waals surface area contributed by atoms with Gasteiger partial charge in [-0.25, -0.2) is 4.79 Å². The number of nitrogens with zero attached hydrogens (tertiary/aromatic N) is 1. The Morgan fingerprint density at radius 3 is 2.56 bits per heavy atom. The van der Waals surface area contributed by atoms with E-state index in [4.69, 9.17) is 9.47 Å². The Morgan fingerprint density at radius 1 is 1.28 bits per heavy atom. The molecule has 6 atom stereocenters. The quantitative estimate of drug-likeness (QED) is 0.392. The smallest absolute Gasteiger partial charge is 0.414 e. The Kier molecular flexibility index (Phi) is 6.76. The summed E-state index contributed by atoms with van der Waals surface area (Å²) in [6.45, 7) is 14.3. The first-order valence-electron chi connectivity index (χ1n) is 13.1. The minimum Gasteiger partial charge on any atom is -0.438 e. The maximum Gasteiger partial charge on any atom is 0.414 e. The summed E-state index contributed by atoms with van der Waals surface area (Å²) in [5.41, 5.74) is 1.02. The number of carbonyl (C=O) groups is 2. The zero-order valence-electron chi connectivity index (χ0n) is 22.9. The van der Waals surface area contributed by atoms with Crippen LogP contribution in [-0.2, 0) is 14.3 Å². The lowest BCUT2D eigenvalue weighted by atomic mass is 9.60. The summed E-state index contributed by atoms with van der Waals surface area (Å²) in [5.74, 6) is 0.00779. The lowest BCUT2D eigenvalue weighted by Crippen LogP contribution is -2.52. The number of hydrogen-bond acceptors (Lipinski definition) is 5. The molecule has 1 aromatic rings. The number of epoxide rings is 1. The molecule has 1 aromatic carbocycles. The van der Waals surface area contributed by atoms with Crippen LogP contribution in [0.1, 0.15) is 59.9 Å². The highest BCUT2D eigenvalue weighted by Gasteiger charge is 2.80. The number of amides is 1. The van der Waals surface area contributed by atoms with Crippen LogP contribution in [0.5, 0.6) is 0 Å². The SMILES string of the molecule is CCC(C)C(C)(C)C1C=C(CO)C2OC23C(OC(=O)N(C)c2cccc(C)c2)C(C)=CC3(CC)C1=O. The van der Waals surface area contributed by atoms with Gasteiger partial charge in [0.2, 0.25) is 0 Å². The molecule has 1 saturated heterocycles. The summed E-state index contributed by atoms with van der Waals surface area (Å²) in [5, 5.41) is 10.4. The van der Waals surface area contributed by atoms with Crippen LogP contribution in [0.3, 0.4) is 0 Å². The number of allylic oxidation sites excluding steroid dienone is 1. The minimum atomic E-state index is -1.03. The molecule has 1 fully saturated rings. The number of Topliss-reactive ketones (excluding diaryl/α,β-unsaturated/α-hetero) is 1. The maximum absolute atomic E-state index is 14.5. The number of carbonyl (C=O) groups excluding carboxylic acids is 2. The summed E-state index contributed by atoms with van der Waals surface area (Å²) >= 11 is 0. The molecule has 6 unspecified atom stereocenters. The fourth-order valence-corrected chi connectivity index (χ4v) is 6.49. The second-order valence-corrected chi connectivity index (χ2v) is 11.5. The summed E-state index contributed by atoms with van der Waals surface area (Å²) in [4.78, 5) is 29.3. The van der Waals surface area contributed by atoms with Crippen molar-refractivity contribution in [1.29, 1.82) is 0 Å². The predicted molar refractivity (Wildman–Crippen MR) is 141 cm³/mol. The van der Waals surface area contributed by atoms with Crippen molar-refractivity contribution in [1.82, 2.24) is 0 Å². The molecule has 4 rings (SSSR count). The third kappa shape index (κ3) is 3.67. The van der Waals surface area contributed by atoms with Crippen LogP contribution in [0.2, 0.25) is 0 Å². The topological polar surface area (TPSA) is 79.4 Å². The molecule has 196 valence electrons. The molecule has 0 saturated carbocycles. The van der Waals surface area contributed by atoms with Crippen molar-refractivity contribution in [3.8, 4) is 0 Å². The zero-order valence-corrected chi connectivity index (χ0v) is 22.9. The summed E-state index contributed by atoms with van der Waals surface area (Å²) in [7, 11) is 1.68. The number of ether oxygens (including phenoxy) is 2. The molecule has 1 heterocycles. The van der Waals surface area contributed by atoms with Crippen LogP contribution in [0.25, 0.3) is 0 Å². The molecule has 1 N–H and O–H groups in total. The van der Waals surface area contributed by atoms with Gasteiger partial charge in [-0.1, -0.05) is 65.3 Å². The number of aryl methyl sites for hydroxylation is 1. The average molecular weight is 496 g/mol. The van der Waals surface area contributed by atoms with Gasteiger partial charge in [0.15, 0.2) is 17.5 Å². The molecule has 2 aliphatic carbocycles. The van der Waals surface area contributed by atoms with Gasteiger partial charge in [-0.3, -0.25) is 9.69 Å². The van der Waals surface area contributed by atoms with Crippen LogP contribution >= 0.6 is 0 Å². The summed E-state index contributed by atoms with van der Waals surface area (Å²) < 4.78 is 12.5. The number of anilines is 1. The van der Waals surface area contributed by atoms with Crippen molar-refractivity contribution in [2.75, 3.05) is 18.6 Å². The lowest BCUT2D eigenvalue weighted by Gasteiger charge is -2.42. The predicted octanol–water partition coefficient (Wildman–Crippen LogP) is 5.62. The highest BCUT2D eigenvalue weighted by molar-refractivity contribution is 5.96. The van der Waals surface area contributed by atoms with Gasteiger partial charge in [0.1, 0.15) is 6.10 Å². The maximum atomic E-state index is 14.5. The van der Waals surface area contributed by atoms with Gasteiger partial charge in [0.05, 0.1) is 12.0 Å². The van der Waals surface area contributed by atoms with Crippen LogP contribution < -0.4 is 4.90 Å². The van der Waals surface area contributed by atoms with Crippen LogP contribution in [-0.4, -0.2) is 48.4 Å². The second-order valence-electron chi connectivity index (χ2n) is 11.5. The number of ketones is 1. The molecule has 3 aliphatic rings. The van der Waals surface area contributed by atoms with E-state index in [1.165, 1.54) is 4.90 Å². The van der Waals surface area contributed by atoms with Crippen molar-refractivity contribution in [2.24, 2.45) is 22.7 Å². The normalized spacial score (nSPS) is 32.0. The Bertz CT molecular complexity index is 1120. The van der Waals surface area contributed by atoms with Gasteiger partial charge < -0.3 is 14.6 Å². The first-order chi connectivity index (χ1) is 16.9. The van der Waals surface area contributed by atoms with Gasteiger partial charge in [-0.2, -0.15) is 0 Å². The molecule has 0 bridgehead atoms. The first kappa shape index (κ1) is 26.6. The molecule has 6 heteroatoms. The van der Waals surface area contributed by atoms with Crippen molar-refractivity contribution in [2.45, 2.75) is 79.1 Å². The molecule has 1 spiro atoms. The third-order valence-electron chi connectivity index (χ3n) is 9.36. The molecule has 36 heavy (non-hydrogen) atoms. The lowest BCUT2D eigenvalue weighted by molar-refractivity contribution is -0.138. The van der Waals surface area contributed by atoms with Gasteiger partial charge in [0, 0.05) is 18.7 Å². The average Bonchev–Trinajstić information content (AvgIpc) is 3.56. The Morgan fingerprint density at radius 2 is 1.97 bits per heavy atom. The van der Waals surface area contributed by atoms with E-state index in [2.05, 4.69) is 27.7 Å². The van der Waals surface area contributed by atoms with Crippen LogP contribution in [0, 0.1) is 29.6 Å². The van der Waals surface area contributed by atoms with Gasteiger partial charge in [0.25, 0.3) is 0 Å². The summed E-state index contributed by atoms with van der Waals surface area (Å²) in [6.07, 6.45) is 3.73. The van der Waals surface area contributed by atoms with Gasteiger partial charge in [-0.15, -0.1) is 0 Å². The van der Waals surface area contributed by atoms with Crippen molar-refractivity contribution in [3.05, 3.63) is 53.1 Å². The molecule has 6 nitrogen and oxygen atoms in total. The van der Waals surface area contributed by atoms with Crippen molar-refractivity contribution in [3.63, 3.8) is 0 Å². The van der Waals surface area contributed by atoms with Crippen LogP contribution in [0.4, 0.5) is 10.5 Å². The van der Waals surface area contributed by atoms with Crippen molar-refractivity contribution >= 4 is 17.6 Å². The Balaban J connectivity index is 1.74. The van der Waals surface area contributed by atoms with Gasteiger partial charge in [-0.05, 0) is 60.4 Å². The first-order valence-corrected chi connectivity index (χ1v) is 13.1. The molecule has 1 aliphatic heterocycles. The number of benzene rings is 1. The Labute approximate surface area is 215 Å². The minimum absolute atomic E-state index is 0.0891. The molecule has 0 aromatic heterocycles. The van der Waals surface area contributed by atoms with Crippen LogP contribution in [0.15, 0.2) is 47.6 Å². The largest absolute Gasteiger partial charge is 0.438 e. The van der Waals surface area contributed by atoms with Crippen molar-refractivity contribution < 1.29 is 24.2 Å². The van der Waals surface area contributed by atoms with E-state index in [-0.39, 0.29) is 23.7 Å². The standard InChI is InChI=1S/C30H41NO5/c1-9-20(5)28(6,7)23-15-21(17-32)26-30(36-26)25(19(4)16-29(30,10-2)24(23)33)35-27(34)31(8)22-13-11-12-18(3)14-22/h11-16,20,23,25-26,32H,9-10,17H2,1-8H3. The highest BCUT2D eigenvalue weighted by Crippen LogP contribution is 2.67. The van der Waals surface area contributed by atoms with E-state index in [9.17, 15) is 14.7 Å². The van der Waals surface area contributed by atoms with E-state index >= 15 is 0 Å². The second kappa shape index (κ2) is 9.14. The van der Waals surface area contributed by atoms with E-state index < -0.39 is 29.3 Å². The third-order valence-corrected chi connectivity index (χ3v) is 9.36.